The molecule has 4 unspecified atom stereocenters. The molecule has 0 heterocycles. The van der Waals surface area contributed by atoms with E-state index in [0.717, 1.165) is 23.8 Å². The Morgan fingerprint density at radius 1 is 1.27 bits per heavy atom. The summed E-state index contributed by atoms with van der Waals surface area (Å²) in [6, 6.07) is 9.88. The summed E-state index contributed by atoms with van der Waals surface area (Å²) in [7, 11) is 0. The maximum atomic E-state index is 12.1. The van der Waals surface area contributed by atoms with Crippen molar-refractivity contribution >= 4 is 12.0 Å². The SMILES string of the molecule is CCC1CC2CC(OC(=O)/C=C/c3ccccc3)C(C)(C1)C2. The Labute approximate surface area is 133 Å². The zero-order valence-electron chi connectivity index (χ0n) is 13.6. The van der Waals surface area contributed by atoms with Crippen molar-refractivity contribution in [3.05, 3.63) is 42.0 Å². The van der Waals surface area contributed by atoms with Gasteiger partial charge in [0.05, 0.1) is 0 Å². The molecule has 0 N–H and O–H groups in total. The molecular weight excluding hydrogens is 272 g/mol. The lowest BCUT2D eigenvalue weighted by molar-refractivity contribution is -0.148. The van der Waals surface area contributed by atoms with Gasteiger partial charge in [-0.15, -0.1) is 0 Å². The molecule has 22 heavy (non-hydrogen) atoms. The van der Waals surface area contributed by atoms with Crippen LogP contribution in [0.2, 0.25) is 0 Å². The van der Waals surface area contributed by atoms with Gasteiger partial charge in [-0.3, -0.25) is 0 Å². The zero-order chi connectivity index (χ0) is 15.6. The van der Waals surface area contributed by atoms with E-state index in [-0.39, 0.29) is 17.5 Å². The van der Waals surface area contributed by atoms with Crippen molar-refractivity contribution in [2.24, 2.45) is 17.3 Å². The average Bonchev–Trinajstić information content (AvgIpc) is 2.74. The molecule has 1 aromatic carbocycles. The molecular formula is C20H26O2. The van der Waals surface area contributed by atoms with Gasteiger partial charge < -0.3 is 4.74 Å². The maximum Gasteiger partial charge on any atom is 0.331 e. The second kappa shape index (κ2) is 6.28. The van der Waals surface area contributed by atoms with Crippen molar-refractivity contribution < 1.29 is 9.53 Å². The topological polar surface area (TPSA) is 26.3 Å². The lowest BCUT2D eigenvalue weighted by atomic mass is 9.70. The third-order valence-electron chi connectivity index (χ3n) is 5.55. The number of rotatable bonds is 4. The second-order valence-corrected chi connectivity index (χ2v) is 7.34. The summed E-state index contributed by atoms with van der Waals surface area (Å²) >= 11 is 0. The molecule has 3 rings (SSSR count). The van der Waals surface area contributed by atoms with E-state index in [2.05, 4.69) is 13.8 Å². The Morgan fingerprint density at radius 2 is 2.05 bits per heavy atom. The number of carbonyl (C=O) groups excluding carboxylic acids is 1. The first-order valence-corrected chi connectivity index (χ1v) is 8.53. The van der Waals surface area contributed by atoms with Gasteiger partial charge in [-0.2, -0.15) is 0 Å². The van der Waals surface area contributed by atoms with E-state index in [1.165, 1.54) is 25.7 Å². The Bertz CT molecular complexity index is 548. The van der Waals surface area contributed by atoms with Crippen LogP contribution in [0.4, 0.5) is 0 Å². The molecule has 0 amide bonds. The molecule has 2 fully saturated rings. The molecule has 2 bridgehead atoms. The highest BCUT2D eigenvalue weighted by Crippen LogP contribution is 2.54. The van der Waals surface area contributed by atoms with E-state index in [1.807, 2.05) is 36.4 Å². The quantitative estimate of drug-likeness (QED) is 0.587. The number of hydrogen-bond donors (Lipinski definition) is 0. The van der Waals surface area contributed by atoms with E-state index in [4.69, 9.17) is 4.74 Å². The zero-order valence-corrected chi connectivity index (χ0v) is 13.6. The van der Waals surface area contributed by atoms with Crippen LogP contribution >= 0.6 is 0 Å². The van der Waals surface area contributed by atoms with Crippen LogP contribution in [0.3, 0.4) is 0 Å². The smallest absolute Gasteiger partial charge is 0.331 e. The van der Waals surface area contributed by atoms with Crippen molar-refractivity contribution in [1.29, 1.82) is 0 Å². The lowest BCUT2D eigenvalue weighted by Gasteiger charge is -2.37. The van der Waals surface area contributed by atoms with Crippen LogP contribution in [0.5, 0.6) is 0 Å². The van der Waals surface area contributed by atoms with Gasteiger partial charge >= 0.3 is 5.97 Å². The number of ether oxygens (including phenoxy) is 1. The first-order valence-electron chi connectivity index (χ1n) is 8.53. The normalized spacial score (nSPS) is 34.0. The van der Waals surface area contributed by atoms with Crippen molar-refractivity contribution in [3.8, 4) is 0 Å². The van der Waals surface area contributed by atoms with Crippen molar-refractivity contribution in [1.82, 2.24) is 0 Å². The third kappa shape index (κ3) is 3.26. The molecule has 2 nitrogen and oxygen atoms in total. The summed E-state index contributed by atoms with van der Waals surface area (Å²) in [6.45, 7) is 4.59. The molecule has 4 atom stereocenters. The van der Waals surface area contributed by atoms with Gasteiger partial charge in [0.1, 0.15) is 6.10 Å². The van der Waals surface area contributed by atoms with E-state index >= 15 is 0 Å². The second-order valence-electron chi connectivity index (χ2n) is 7.34. The monoisotopic (exact) mass is 298 g/mol. The minimum atomic E-state index is -0.198. The molecule has 0 spiro atoms. The number of esters is 1. The molecule has 2 heteroatoms. The minimum Gasteiger partial charge on any atom is -0.459 e. The molecule has 0 saturated heterocycles. The van der Waals surface area contributed by atoms with E-state index < -0.39 is 0 Å². The van der Waals surface area contributed by atoms with Gasteiger partial charge in [0, 0.05) is 11.5 Å². The summed E-state index contributed by atoms with van der Waals surface area (Å²) in [5.74, 6) is 1.36. The Hall–Kier alpha value is -1.57. The molecule has 0 radical (unpaired) electrons. The van der Waals surface area contributed by atoms with Gasteiger partial charge in [0.15, 0.2) is 0 Å². The average molecular weight is 298 g/mol. The minimum absolute atomic E-state index is 0.0990. The number of carbonyl (C=O) groups is 1. The van der Waals surface area contributed by atoms with Crippen molar-refractivity contribution in [3.63, 3.8) is 0 Å². The van der Waals surface area contributed by atoms with Crippen LogP contribution in [-0.4, -0.2) is 12.1 Å². The highest BCUT2D eigenvalue weighted by Gasteiger charge is 2.50. The van der Waals surface area contributed by atoms with E-state index in [9.17, 15) is 4.79 Å². The van der Waals surface area contributed by atoms with E-state index in [0.29, 0.717) is 0 Å². The Kier molecular flexibility index (Phi) is 4.37. The molecule has 118 valence electrons. The van der Waals surface area contributed by atoms with Gasteiger partial charge in [-0.05, 0) is 49.2 Å². The number of benzene rings is 1. The molecule has 1 aromatic rings. The Morgan fingerprint density at radius 3 is 2.77 bits per heavy atom. The number of hydrogen-bond acceptors (Lipinski definition) is 2. The highest BCUT2D eigenvalue weighted by molar-refractivity contribution is 5.87. The van der Waals surface area contributed by atoms with Gasteiger partial charge in [-0.1, -0.05) is 50.6 Å². The summed E-state index contributed by atoms with van der Waals surface area (Å²) in [5.41, 5.74) is 1.22. The van der Waals surface area contributed by atoms with Crippen LogP contribution in [0.25, 0.3) is 6.08 Å². The summed E-state index contributed by atoms with van der Waals surface area (Å²) in [5, 5.41) is 0. The summed E-state index contributed by atoms with van der Waals surface area (Å²) in [4.78, 5) is 12.1. The summed E-state index contributed by atoms with van der Waals surface area (Å²) in [6.07, 6.45) is 9.56. The van der Waals surface area contributed by atoms with Crippen LogP contribution in [0, 0.1) is 17.3 Å². The van der Waals surface area contributed by atoms with Gasteiger partial charge in [-0.25, -0.2) is 4.79 Å². The molecule has 0 aliphatic heterocycles. The third-order valence-corrected chi connectivity index (χ3v) is 5.55. The first-order chi connectivity index (χ1) is 10.6. The fraction of sp³-hybridized carbons (Fsp3) is 0.550. The molecule has 2 aliphatic carbocycles. The van der Waals surface area contributed by atoms with Crippen LogP contribution in [0.1, 0.15) is 51.5 Å². The van der Waals surface area contributed by atoms with Gasteiger partial charge in [0.25, 0.3) is 0 Å². The fourth-order valence-electron chi connectivity index (χ4n) is 4.48. The largest absolute Gasteiger partial charge is 0.459 e. The van der Waals surface area contributed by atoms with Gasteiger partial charge in [0.2, 0.25) is 0 Å². The van der Waals surface area contributed by atoms with Crippen LogP contribution < -0.4 is 0 Å². The first kappa shape index (κ1) is 15.3. The molecule has 2 saturated carbocycles. The van der Waals surface area contributed by atoms with E-state index in [1.54, 1.807) is 6.08 Å². The van der Waals surface area contributed by atoms with Crippen molar-refractivity contribution in [2.75, 3.05) is 0 Å². The molecule has 0 aromatic heterocycles. The predicted molar refractivity (Wildman–Crippen MR) is 89.2 cm³/mol. The van der Waals surface area contributed by atoms with Crippen LogP contribution in [-0.2, 0) is 9.53 Å². The highest BCUT2D eigenvalue weighted by atomic mass is 16.5. The predicted octanol–water partition coefficient (Wildman–Crippen LogP) is 4.85. The maximum absolute atomic E-state index is 12.1. The fourth-order valence-corrected chi connectivity index (χ4v) is 4.48. The Balaban J connectivity index is 1.61. The number of fused-ring (bicyclic) bond motifs is 2. The summed E-state index contributed by atoms with van der Waals surface area (Å²) < 4.78 is 5.82. The van der Waals surface area contributed by atoms with Crippen LogP contribution in [0.15, 0.2) is 36.4 Å². The van der Waals surface area contributed by atoms with Crippen molar-refractivity contribution in [2.45, 2.75) is 52.1 Å². The standard InChI is InChI=1S/C20H26O2/c1-3-15-11-17-12-18(20(2,13-15)14-17)22-19(21)10-9-16-7-5-4-6-8-16/h4-10,15,17-18H,3,11-14H2,1-2H3/b10-9+. The molecule has 2 aliphatic rings. The lowest BCUT2D eigenvalue weighted by Crippen LogP contribution is -2.33.